The molecule has 0 unspecified atom stereocenters. The van der Waals surface area contributed by atoms with Gasteiger partial charge in [0.05, 0.1) is 12.3 Å². The average molecular weight is 298 g/mol. The van der Waals surface area contributed by atoms with E-state index < -0.39 is 0 Å². The maximum Gasteiger partial charge on any atom is 0.269 e. The van der Waals surface area contributed by atoms with Crippen molar-refractivity contribution in [2.75, 3.05) is 6.61 Å². The molecule has 0 aromatic heterocycles. The molecule has 0 bridgehead atoms. The SMILES string of the molecule is C=C(NNC(=O)c1ccc(OCC)cc1)c1ccc(O)cc1. The number of hydrazine groups is 1. The average Bonchev–Trinajstić information content (AvgIpc) is 2.54. The van der Waals surface area contributed by atoms with Crippen molar-refractivity contribution in [3.05, 3.63) is 66.2 Å². The molecule has 0 fully saturated rings. The molecule has 3 N–H and O–H groups in total. The number of hydrogen-bond donors (Lipinski definition) is 3. The molecule has 0 heterocycles. The molecular formula is C17H18N2O3. The lowest BCUT2D eigenvalue weighted by molar-refractivity contribution is 0.0942. The number of phenols is 1. The van der Waals surface area contributed by atoms with Crippen LogP contribution in [-0.2, 0) is 0 Å². The van der Waals surface area contributed by atoms with Crippen LogP contribution in [0.25, 0.3) is 5.70 Å². The Balaban J connectivity index is 1.91. The monoisotopic (exact) mass is 298 g/mol. The second kappa shape index (κ2) is 7.17. The molecule has 114 valence electrons. The minimum Gasteiger partial charge on any atom is -0.508 e. The Hall–Kier alpha value is -2.95. The number of phenolic OH excluding ortho intramolecular Hbond substituents is 1. The number of ether oxygens (including phenoxy) is 1. The van der Waals surface area contributed by atoms with Gasteiger partial charge in [-0.2, -0.15) is 0 Å². The van der Waals surface area contributed by atoms with Gasteiger partial charge in [0.2, 0.25) is 0 Å². The van der Waals surface area contributed by atoms with Gasteiger partial charge >= 0.3 is 0 Å². The van der Waals surface area contributed by atoms with E-state index in [1.54, 1.807) is 48.5 Å². The zero-order chi connectivity index (χ0) is 15.9. The second-order valence-corrected chi connectivity index (χ2v) is 4.56. The molecule has 0 atom stereocenters. The largest absolute Gasteiger partial charge is 0.508 e. The fourth-order valence-corrected chi connectivity index (χ4v) is 1.81. The van der Waals surface area contributed by atoms with E-state index in [1.807, 2.05) is 6.92 Å². The smallest absolute Gasteiger partial charge is 0.269 e. The van der Waals surface area contributed by atoms with E-state index in [0.717, 1.165) is 11.3 Å². The second-order valence-electron chi connectivity index (χ2n) is 4.56. The van der Waals surface area contributed by atoms with E-state index in [2.05, 4.69) is 17.4 Å². The standard InChI is InChI=1S/C17H18N2O3/c1-3-22-16-10-6-14(7-11-16)17(21)19-18-12(2)13-4-8-15(20)9-5-13/h4-11,18,20H,2-3H2,1H3,(H,19,21). The maximum absolute atomic E-state index is 12.0. The number of carbonyl (C=O) groups excluding carboxylic acids is 1. The third-order valence-corrected chi connectivity index (χ3v) is 2.97. The number of amides is 1. The van der Waals surface area contributed by atoms with Crippen molar-refractivity contribution in [1.29, 1.82) is 0 Å². The van der Waals surface area contributed by atoms with Gasteiger partial charge in [0, 0.05) is 5.56 Å². The normalized spacial score (nSPS) is 9.86. The Bertz CT molecular complexity index is 649. The fourth-order valence-electron chi connectivity index (χ4n) is 1.81. The van der Waals surface area contributed by atoms with Gasteiger partial charge in [-0.15, -0.1) is 0 Å². The van der Waals surface area contributed by atoms with Gasteiger partial charge in [0.15, 0.2) is 0 Å². The number of carbonyl (C=O) groups is 1. The Morgan fingerprint density at radius 3 is 2.23 bits per heavy atom. The summed E-state index contributed by atoms with van der Waals surface area (Å²) in [5.74, 6) is 0.624. The summed E-state index contributed by atoms with van der Waals surface area (Å²) in [6, 6.07) is 13.4. The van der Waals surface area contributed by atoms with Crippen molar-refractivity contribution in [2.45, 2.75) is 6.92 Å². The Kier molecular flexibility index (Phi) is 5.03. The molecule has 5 heteroatoms. The lowest BCUT2D eigenvalue weighted by Gasteiger charge is -2.11. The van der Waals surface area contributed by atoms with Gasteiger partial charge in [-0.05, 0) is 61.0 Å². The van der Waals surface area contributed by atoms with Crippen LogP contribution < -0.4 is 15.6 Å². The Morgan fingerprint density at radius 1 is 1.05 bits per heavy atom. The fraction of sp³-hybridized carbons (Fsp3) is 0.118. The molecule has 22 heavy (non-hydrogen) atoms. The molecular weight excluding hydrogens is 280 g/mol. The van der Waals surface area contributed by atoms with Crippen molar-refractivity contribution >= 4 is 11.6 Å². The molecule has 1 amide bonds. The number of hydrogen-bond acceptors (Lipinski definition) is 4. The zero-order valence-corrected chi connectivity index (χ0v) is 12.3. The van der Waals surface area contributed by atoms with E-state index in [0.29, 0.717) is 17.9 Å². The van der Waals surface area contributed by atoms with Crippen molar-refractivity contribution in [1.82, 2.24) is 10.9 Å². The summed E-state index contributed by atoms with van der Waals surface area (Å²) in [5.41, 5.74) is 7.13. The van der Waals surface area contributed by atoms with Gasteiger partial charge in [-0.3, -0.25) is 15.6 Å². The maximum atomic E-state index is 12.0. The first-order chi connectivity index (χ1) is 10.6. The van der Waals surface area contributed by atoms with Crippen molar-refractivity contribution < 1.29 is 14.6 Å². The molecule has 0 spiro atoms. The topological polar surface area (TPSA) is 70.6 Å². The van der Waals surface area contributed by atoms with Crippen LogP contribution in [0.2, 0.25) is 0 Å². The van der Waals surface area contributed by atoms with E-state index in [1.165, 1.54) is 0 Å². The third-order valence-electron chi connectivity index (χ3n) is 2.97. The molecule has 2 aromatic carbocycles. The van der Waals surface area contributed by atoms with Gasteiger partial charge in [-0.25, -0.2) is 0 Å². The van der Waals surface area contributed by atoms with Crippen LogP contribution in [0.1, 0.15) is 22.8 Å². The van der Waals surface area contributed by atoms with Gasteiger partial charge in [0.25, 0.3) is 5.91 Å². The number of rotatable bonds is 6. The summed E-state index contributed by atoms with van der Waals surface area (Å²) in [6.45, 7) is 6.32. The first-order valence-corrected chi connectivity index (χ1v) is 6.87. The molecule has 5 nitrogen and oxygen atoms in total. The lowest BCUT2D eigenvalue weighted by atomic mass is 10.2. The molecule has 0 aliphatic rings. The number of aromatic hydroxyl groups is 1. The molecule has 0 radical (unpaired) electrons. The quantitative estimate of drug-likeness (QED) is 0.717. The van der Waals surface area contributed by atoms with Crippen LogP contribution >= 0.6 is 0 Å². The molecule has 0 aliphatic heterocycles. The van der Waals surface area contributed by atoms with Crippen LogP contribution in [-0.4, -0.2) is 17.6 Å². The number of benzene rings is 2. The summed E-state index contributed by atoms with van der Waals surface area (Å²) in [6.07, 6.45) is 0. The van der Waals surface area contributed by atoms with E-state index >= 15 is 0 Å². The first-order valence-electron chi connectivity index (χ1n) is 6.87. The van der Waals surface area contributed by atoms with E-state index in [9.17, 15) is 9.90 Å². The minimum absolute atomic E-state index is 0.176. The number of nitrogens with one attached hydrogen (secondary N) is 2. The molecule has 0 aliphatic carbocycles. The highest BCUT2D eigenvalue weighted by Gasteiger charge is 2.06. The summed E-state index contributed by atoms with van der Waals surface area (Å²) in [5, 5.41) is 9.24. The Labute approximate surface area is 129 Å². The molecule has 0 saturated heterocycles. The highest BCUT2D eigenvalue weighted by molar-refractivity contribution is 5.94. The predicted molar refractivity (Wildman–Crippen MR) is 85.4 cm³/mol. The summed E-state index contributed by atoms with van der Waals surface area (Å²) >= 11 is 0. The van der Waals surface area contributed by atoms with Gasteiger partial charge < -0.3 is 9.84 Å². The molecule has 0 saturated carbocycles. The predicted octanol–water partition coefficient (Wildman–Crippen LogP) is 2.70. The van der Waals surface area contributed by atoms with E-state index in [4.69, 9.17) is 4.74 Å². The van der Waals surface area contributed by atoms with Crippen LogP contribution in [0.15, 0.2) is 55.1 Å². The van der Waals surface area contributed by atoms with Gasteiger partial charge in [0.1, 0.15) is 11.5 Å². The van der Waals surface area contributed by atoms with Crippen LogP contribution in [0, 0.1) is 0 Å². The molecule has 2 aromatic rings. The lowest BCUT2D eigenvalue weighted by Crippen LogP contribution is -2.35. The van der Waals surface area contributed by atoms with Crippen LogP contribution in [0.3, 0.4) is 0 Å². The van der Waals surface area contributed by atoms with Crippen molar-refractivity contribution in [3.63, 3.8) is 0 Å². The zero-order valence-electron chi connectivity index (χ0n) is 12.3. The van der Waals surface area contributed by atoms with Crippen LogP contribution in [0.4, 0.5) is 0 Å². The summed E-state index contributed by atoms with van der Waals surface area (Å²) < 4.78 is 5.32. The minimum atomic E-state index is -0.275. The Morgan fingerprint density at radius 2 is 1.64 bits per heavy atom. The van der Waals surface area contributed by atoms with Crippen molar-refractivity contribution in [2.24, 2.45) is 0 Å². The third kappa shape index (κ3) is 4.02. The highest BCUT2D eigenvalue weighted by atomic mass is 16.5. The summed E-state index contributed by atoms with van der Waals surface area (Å²) in [7, 11) is 0. The van der Waals surface area contributed by atoms with Crippen LogP contribution in [0.5, 0.6) is 11.5 Å². The highest BCUT2D eigenvalue weighted by Crippen LogP contribution is 2.14. The van der Waals surface area contributed by atoms with Gasteiger partial charge in [-0.1, -0.05) is 6.58 Å². The summed E-state index contributed by atoms with van der Waals surface area (Å²) in [4.78, 5) is 12.0. The molecule has 2 rings (SSSR count). The first kappa shape index (κ1) is 15.4. The van der Waals surface area contributed by atoms with E-state index in [-0.39, 0.29) is 11.7 Å². The van der Waals surface area contributed by atoms with Crippen molar-refractivity contribution in [3.8, 4) is 11.5 Å².